The predicted molar refractivity (Wildman–Crippen MR) is 72.8 cm³/mol. The molecule has 1 amide bonds. The molecule has 0 spiro atoms. The Hall–Kier alpha value is -2.29. The highest BCUT2D eigenvalue weighted by Crippen LogP contribution is 2.24. The first-order chi connectivity index (χ1) is 8.72. The smallest absolute Gasteiger partial charge is 0.255 e. The number of rotatable bonds is 4. The average molecular weight is 241 g/mol. The number of aromatic hydroxyl groups is 1. The third-order valence-electron chi connectivity index (χ3n) is 2.74. The van der Waals surface area contributed by atoms with Crippen molar-refractivity contribution in [2.45, 2.75) is 6.42 Å². The molecule has 0 atom stereocenters. The molecule has 92 valence electrons. The summed E-state index contributed by atoms with van der Waals surface area (Å²) in [7, 11) is 0. The van der Waals surface area contributed by atoms with E-state index in [-0.39, 0.29) is 11.7 Å². The van der Waals surface area contributed by atoms with E-state index < -0.39 is 0 Å². The number of benzene rings is 2. The van der Waals surface area contributed by atoms with Crippen LogP contribution in [0.1, 0.15) is 16.8 Å². The average Bonchev–Trinajstić information content (AvgIpc) is 2.38. The van der Waals surface area contributed by atoms with Crippen LogP contribution in [0.5, 0.6) is 5.75 Å². The van der Waals surface area contributed by atoms with Gasteiger partial charge in [0.2, 0.25) is 0 Å². The Labute approximate surface area is 106 Å². The maximum atomic E-state index is 11.9. The second kappa shape index (κ2) is 5.36. The molecule has 0 unspecified atom stereocenters. The van der Waals surface area contributed by atoms with Crippen LogP contribution in [0, 0.1) is 0 Å². The maximum Gasteiger partial charge on any atom is 0.255 e. The molecule has 2 N–H and O–H groups in total. The number of amides is 1. The molecule has 3 heteroatoms. The fraction of sp³-hybridized carbons (Fsp3) is 0.133. The summed E-state index contributed by atoms with van der Waals surface area (Å²) in [5.74, 6) is -0.259. The molecule has 2 aromatic rings. The van der Waals surface area contributed by atoms with Gasteiger partial charge in [0.25, 0.3) is 5.91 Å². The molecule has 18 heavy (non-hydrogen) atoms. The Balaban J connectivity index is 2.29. The lowest BCUT2D eigenvalue weighted by atomic mass is 10.1. The summed E-state index contributed by atoms with van der Waals surface area (Å²) in [5, 5.41) is 14.4. The van der Waals surface area contributed by atoms with Crippen molar-refractivity contribution in [3.05, 3.63) is 54.6 Å². The lowest BCUT2D eigenvalue weighted by Gasteiger charge is -2.07. The van der Waals surface area contributed by atoms with Gasteiger partial charge in [-0.3, -0.25) is 4.79 Å². The third-order valence-corrected chi connectivity index (χ3v) is 2.74. The number of nitrogens with one attached hydrogen (secondary N) is 1. The first kappa shape index (κ1) is 12.2. The molecule has 3 nitrogen and oxygen atoms in total. The van der Waals surface area contributed by atoms with Crippen molar-refractivity contribution in [2.75, 3.05) is 6.54 Å². The highest BCUT2D eigenvalue weighted by Gasteiger charge is 2.11. The molecule has 0 saturated carbocycles. The zero-order chi connectivity index (χ0) is 13.0. The number of hydrogen-bond donors (Lipinski definition) is 2. The van der Waals surface area contributed by atoms with Gasteiger partial charge < -0.3 is 10.4 Å². The molecule has 0 aliphatic carbocycles. The summed E-state index contributed by atoms with van der Waals surface area (Å²) < 4.78 is 0. The maximum absolute atomic E-state index is 11.9. The van der Waals surface area contributed by atoms with E-state index in [1.165, 1.54) is 0 Å². The van der Waals surface area contributed by atoms with E-state index in [0.29, 0.717) is 18.5 Å². The van der Waals surface area contributed by atoms with Crippen LogP contribution in [0.25, 0.3) is 10.8 Å². The van der Waals surface area contributed by atoms with E-state index in [4.69, 9.17) is 0 Å². The zero-order valence-corrected chi connectivity index (χ0v) is 10.0. The highest BCUT2D eigenvalue weighted by molar-refractivity contribution is 6.01. The number of phenolic OH excluding ortho intramolecular Hbond substituents is 1. The van der Waals surface area contributed by atoms with Crippen molar-refractivity contribution in [2.24, 2.45) is 0 Å². The quantitative estimate of drug-likeness (QED) is 0.638. The molecule has 2 rings (SSSR count). The Bertz CT molecular complexity index is 590. The van der Waals surface area contributed by atoms with Gasteiger partial charge in [-0.1, -0.05) is 30.3 Å². The zero-order valence-electron chi connectivity index (χ0n) is 10.0. The molecule has 0 aromatic heterocycles. The van der Waals surface area contributed by atoms with Crippen LogP contribution in [-0.2, 0) is 0 Å². The second-order valence-corrected chi connectivity index (χ2v) is 4.05. The molecule has 0 heterocycles. The third kappa shape index (κ3) is 2.51. The van der Waals surface area contributed by atoms with Crippen LogP contribution in [-0.4, -0.2) is 17.6 Å². The van der Waals surface area contributed by atoms with E-state index in [9.17, 15) is 9.90 Å². The first-order valence-corrected chi connectivity index (χ1v) is 5.83. The fourth-order valence-electron chi connectivity index (χ4n) is 1.79. The predicted octanol–water partition coefficient (Wildman–Crippen LogP) is 2.85. The summed E-state index contributed by atoms with van der Waals surface area (Å²) in [6, 6.07) is 10.9. The van der Waals surface area contributed by atoms with Crippen molar-refractivity contribution in [3.63, 3.8) is 0 Å². The summed E-state index contributed by atoms with van der Waals surface area (Å²) in [6.07, 6.45) is 2.45. The summed E-state index contributed by atoms with van der Waals surface area (Å²) >= 11 is 0. The van der Waals surface area contributed by atoms with Crippen LogP contribution in [0.3, 0.4) is 0 Å². The van der Waals surface area contributed by atoms with Gasteiger partial charge in [0, 0.05) is 6.54 Å². The Morgan fingerprint density at radius 2 is 1.94 bits per heavy atom. The van der Waals surface area contributed by atoms with Gasteiger partial charge in [0.05, 0.1) is 5.56 Å². The van der Waals surface area contributed by atoms with Gasteiger partial charge in [0.1, 0.15) is 5.75 Å². The van der Waals surface area contributed by atoms with Crippen molar-refractivity contribution in [1.82, 2.24) is 5.32 Å². The lowest BCUT2D eigenvalue weighted by molar-refractivity contribution is 0.0952. The molecule has 0 aliphatic heterocycles. The van der Waals surface area contributed by atoms with Crippen LogP contribution in [0.4, 0.5) is 0 Å². The molecule has 0 radical (unpaired) electrons. The van der Waals surface area contributed by atoms with Gasteiger partial charge in [-0.25, -0.2) is 0 Å². The Kier molecular flexibility index (Phi) is 3.63. The van der Waals surface area contributed by atoms with Crippen molar-refractivity contribution >= 4 is 16.7 Å². The fourth-order valence-corrected chi connectivity index (χ4v) is 1.79. The largest absolute Gasteiger partial charge is 0.507 e. The number of carbonyl (C=O) groups excluding carboxylic acids is 1. The van der Waals surface area contributed by atoms with Crippen molar-refractivity contribution in [3.8, 4) is 5.75 Å². The molecular weight excluding hydrogens is 226 g/mol. The number of hydrogen-bond acceptors (Lipinski definition) is 2. The summed E-state index contributed by atoms with van der Waals surface area (Å²) in [4.78, 5) is 11.9. The van der Waals surface area contributed by atoms with Gasteiger partial charge >= 0.3 is 0 Å². The van der Waals surface area contributed by atoms with Crippen LogP contribution < -0.4 is 5.32 Å². The van der Waals surface area contributed by atoms with Crippen molar-refractivity contribution in [1.29, 1.82) is 0 Å². The second-order valence-electron chi connectivity index (χ2n) is 4.05. The molecule has 0 bridgehead atoms. The van der Waals surface area contributed by atoms with Gasteiger partial charge in [-0.2, -0.15) is 0 Å². The van der Waals surface area contributed by atoms with Gasteiger partial charge in [-0.05, 0) is 29.3 Å². The van der Waals surface area contributed by atoms with Crippen LogP contribution in [0.2, 0.25) is 0 Å². The normalized spacial score (nSPS) is 10.2. The monoisotopic (exact) mass is 241 g/mol. The van der Waals surface area contributed by atoms with E-state index >= 15 is 0 Å². The topological polar surface area (TPSA) is 49.3 Å². The molecular formula is C15H15NO2. The minimum atomic E-state index is -0.264. The van der Waals surface area contributed by atoms with E-state index in [2.05, 4.69) is 11.9 Å². The minimum absolute atomic E-state index is 0.00445. The molecule has 0 fully saturated rings. The van der Waals surface area contributed by atoms with E-state index in [0.717, 1.165) is 10.8 Å². The number of fused-ring (bicyclic) bond motifs is 1. The standard InChI is InChI=1S/C15H15NO2/c1-2-3-8-16-15(18)13-9-11-6-4-5-7-12(11)10-14(13)17/h2,4-7,9-10,17H,1,3,8H2,(H,16,18). The Morgan fingerprint density at radius 1 is 1.28 bits per heavy atom. The molecule has 0 aliphatic rings. The highest BCUT2D eigenvalue weighted by atomic mass is 16.3. The SMILES string of the molecule is C=CCCNC(=O)c1cc2ccccc2cc1O. The first-order valence-electron chi connectivity index (χ1n) is 5.83. The Morgan fingerprint density at radius 3 is 2.61 bits per heavy atom. The van der Waals surface area contributed by atoms with Crippen LogP contribution >= 0.6 is 0 Å². The van der Waals surface area contributed by atoms with Gasteiger partial charge in [-0.15, -0.1) is 6.58 Å². The summed E-state index contributed by atoms with van der Waals surface area (Å²) in [6.45, 7) is 4.11. The van der Waals surface area contributed by atoms with Gasteiger partial charge in [0.15, 0.2) is 0 Å². The summed E-state index contributed by atoms with van der Waals surface area (Å²) in [5.41, 5.74) is 0.303. The number of carbonyl (C=O) groups is 1. The van der Waals surface area contributed by atoms with E-state index in [1.807, 2.05) is 24.3 Å². The lowest BCUT2D eigenvalue weighted by Crippen LogP contribution is -2.24. The van der Waals surface area contributed by atoms with Crippen LogP contribution in [0.15, 0.2) is 49.1 Å². The molecule has 2 aromatic carbocycles. The van der Waals surface area contributed by atoms with E-state index in [1.54, 1.807) is 18.2 Å². The number of phenols is 1. The molecule has 0 saturated heterocycles. The van der Waals surface area contributed by atoms with Crippen molar-refractivity contribution < 1.29 is 9.90 Å². The minimum Gasteiger partial charge on any atom is -0.507 e.